The monoisotopic (exact) mass is 252 g/mol. The summed E-state index contributed by atoms with van der Waals surface area (Å²) in [6.07, 6.45) is 3.87. The van der Waals surface area contributed by atoms with E-state index in [4.69, 9.17) is 0 Å². The first-order valence-corrected chi connectivity index (χ1v) is 7.52. The minimum atomic E-state index is 0.123. The van der Waals surface area contributed by atoms with Crippen LogP contribution >= 0.6 is 0 Å². The van der Waals surface area contributed by atoms with Crippen LogP contribution in [0.15, 0.2) is 0 Å². The standard InChI is InChI=1S/C15H28N2O/c1-10(2)12-7-14(16-13-5-6-13)9-17(8-12)15(18)11(3)4/h10-14,16H,5-9H2,1-4H3. The van der Waals surface area contributed by atoms with Crippen molar-refractivity contribution in [3.63, 3.8) is 0 Å². The zero-order chi connectivity index (χ0) is 13.3. The van der Waals surface area contributed by atoms with Crippen LogP contribution in [-0.2, 0) is 4.79 Å². The molecule has 0 bridgehead atoms. The van der Waals surface area contributed by atoms with E-state index in [2.05, 4.69) is 24.1 Å². The Bertz CT molecular complexity index is 297. The molecule has 1 aliphatic carbocycles. The van der Waals surface area contributed by atoms with E-state index < -0.39 is 0 Å². The molecule has 2 atom stereocenters. The number of nitrogens with one attached hydrogen (secondary N) is 1. The Labute approximate surface area is 111 Å². The van der Waals surface area contributed by atoms with E-state index >= 15 is 0 Å². The predicted molar refractivity (Wildman–Crippen MR) is 74.3 cm³/mol. The van der Waals surface area contributed by atoms with Crippen molar-refractivity contribution in [3.8, 4) is 0 Å². The highest BCUT2D eigenvalue weighted by Gasteiger charge is 2.34. The number of likely N-dealkylation sites (tertiary alicyclic amines) is 1. The smallest absolute Gasteiger partial charge is 0.225 e. The lowest BCUT2D eigenvalue weighted by molar-refractivity contribution is -0.137. The van der Waals surface area contributed by atoms with Crippen LogP contribution < -0.4 is 5.32 Å². The van der Waals surface area contributed by atoms with Crippen LogP contribution in [0.5, 0.6) is 0 Å². The van der Waals surface area contributed by atoms with Crippen LogP contribution in [0.3, 0.4) is 0 Å². The Kier molecular flexibility index (Phi) is 4.31. The van der Waals surface area contributed by atoms with Crippen molar-refractivity contribution in [1.82, 2.24) is 10.2 Å². The van der Waals surface area contributed by atoms with Gasteiger partial charge < -0.3 is 10.2 Å². The normalized spacial score (nSPS) is 29.1. The van der Waals surface area contributed by atoms with Crippen LogP contribution in [0.2, 0.25) is 0 Å². The molecule has 2 aliphatic rings. The number of carbonyl (C=O) groups is 1. The first-order valence-electron chi connectivity index (χ1n) is 7.52. The molecule has 1 heterocycles. The number of nitrogens with zero attached hydrogens (tertiary/aromatic N) is 1. The van der Waals surface area contributed by atoms with Crippen molar-refractivity contribution < 1.29 is 4.79 Å². The third kappa shape index (κ3) is 3.47. The fraction of sp³-hybridized carbons (Fsp3) is 0.933. The average Bonchev–Trinajstić information content (AvgIpc) is 3.11. The summed E-state index contributed by atoms with van der Waals surface area (Å²) in [5, 5.41) is 3.71. The van der Waals surface area contributed by atoms with Gasteiger partial charge in [-0.2, -0.15) is 0 Å². The molecule has 1 saturated carbocycles. The van der Waals surface area contributed by atoms with Crippen LogP contribution in [-0.4, -0.2) is 36.0 Å². The second-order valence-corrected chi connectivity index (χ2v) is 6.78. The number of hydrogen-bond donors (Lipinski definition) is 1. The first-order chi connectivity index (χ1) is 8.47. The number of rotatable bonds is 4. The van der Waals surface area contributed by atoms with Crippen molar-refractivity contribution in [2.24, 2.45) is 17.8 Å². The summed E-state index contributed by atoms with van der Waals surface area (Å²) in [7, 11) is 0. The first kappa shape index (κ1) is 13.9. The number of piperidine rings is 1. The zero-order valence-electron chi connectivity index (χ0n) is 12.3. The summed E-state index contributed by atoms with van der Waals surface area (Å²) in [6.45, 7) is 10.4. The Balaban J connectivity index is 1.98. The SMILES string of the molecule is CC(C)C(=O)N1CC(NC2CC2)CC(C(C)C)C1. The second kappa shape index (κ2) is 5.60. The summed E-state index contributed by atoms with van der Waals surface area (Å²) >= 11 is 0. The molecule has 0 radical (unpaired) electrons. The molecule has 0 spiro atoms. The number of hydrogen-bond acceptors (Lipinski definition) is 2. The van der Waals surface area contributed by atoms with E-state index in [0.717, 1.165) is 19.1 Å². The lowest BCUT2D eigenvalue weighted by atomic mass is 9.85. The van der Waals surface area contributed by atoms with Gasteiger partial charge in [-0.05, 0) is 31.1 Å². The molecule has 2 unspecified atom stereocenters. The van der Waals surface area contributed by atoms with Gasteiger partial charge in [-0.15, -0.1) is 0 Å². The highest BCUT2D eigenvalue weighted by molar-refractivity contribution is 5.78. The van der Waals surface area contributed by atoms with Gasteiger partial charge in [0.2, 0.25) is 5.91 Å². The van der Waals surface area contributed by atoms with E-state index in [1.54, 1.807) is 0 Å². The lowest BCUT2D eigenvalue weighted by Crippen LogP contribution is -2.53. The molecule has 3 heteroatoms. The van der Waals surface area contributed by atoms with E-state index in [9.17, 15) is 4.79 Å². The van der Waals surface area contributed by atoms with Gasteiger partial charge in [-0.25, -0.2) is 0 Å². The molecule has 1 saturated heterocycles. The maximum absolute atomic E-state index is 12.2. The zero-order valence-corrected chi connectivity index (χ0v) is 12.3. The van der Waals surface area contributed by atoms with Gasteiger partial charge in [-0.3, -0.25) is 4.79 Å². The summed E-state index contributed by atoms with van der Waals surface area (Å²) < 4.78 is 0. The van der Waals surface area contributed by atoms with Crippen LogP contribution in [0.1, 0.15) is 47.0 Å². The molecule has 0 aromatic rings. The molecule has 1 aliphatic heterocycles. The summed E-state index contributed by atoms with van der Waals surface area (Å²) in [5.74, 6) is 1.76. The van der Waals surface area contributed by atoms with E-state index in [1.807, 2.05) is 13.8 Å². The molecular formula is C15H28N2O. The minimum absolute atomic E-state index is 0.123. The quantitative estimate of drug-likeness (QED) is 0.832. The van der Waals surface area contributed by atoms with Crippen LogP contribution in [0.4, 0.5) is 0 Å². The maximum Gasteiger partial charge on any atom is 0.225 e. The van der Waals surface area contributed by atoms with Crippen LogP contribution in [0, 0.1) is 17.8 Å². The number of carbonyl (C=O) groups excluding carboxylic acids is 1. The molecule has 1 N–H and O–H groups in total. The molecule has 0 aromatic heterocycles. The molecule has 2 fully saturated rings. The van der Waals surface area contributed by atoms with E-state index in [-0.39, 0.29) is 5.92 Å². The molecule has 3 nitrogen and oxygen atoms in total. The molecule has 0 aromatic carbocycles. The lowest BCUT2D eigenvalue weighted by Gasteiger charge is -2.40. The summed E-state index contributed by atoms with van der Waals surface area (Å²) in [5.41, 5.74) is 0. The average molecular weight is 252 g/mol. The maximum atomic E-state index is 12.2. The van der Waals surface area contributed by atoms with E-state index in [0.29, 0.717) is 23.8 Å². The summed E-state index contributed by atoms with van der Waals surface area (Å²) in [4.78, 5) is 14.3. The predicted octanol–water partition coefficient (Wildman–Crippen LogP) is 2.27. The Morgan fingerprint density at radius 2 is 1.78 bits per heavy atom. The third-order valence-corrected chi connectivity index (χ3v) is 4.28. The fourth-order valence-corrected chi connectivity index (χ4v) is 2.87. The van der Waals surface area contributed by atoms with Crippen molar-refractivity contribution in [2.75, 3.05) is 13.1 Å². The molecule has 104 valence electrons. The highest BCUT2D eigenvalue weighted by Crippen LogP contribution is 2.28. The van der Waals surface area contributed by atoms with Gasteiger partial charge in [-0.1, -0.05) is 27.7 Å². The van der Waals surface area contributed by atoms with Crippen molar-refractivity contribution in [2.45, 2.75) is 59.0 Å². The Morgan fingerprint density at radius 1 is 1.11 bits per heavy atom. The largest absolute Gasteiger partial charge is 0.341 e. The number of amides is 1. The minimum Gasteiger partial charge on any atom is -0.341 e. The van der Waals surface area contributed by atoms with Crippen molar-refractivity contribution in [1.29, 1.82) is 0 Å². The highest BCUT2D eigenvalue weighted by atomic mass is 16.2. The Morgan fingerprint density at radius 3 is 2.28 bits per heavy atom. The Hall–Kier alpha value is -0.570. The van der Waals surface area contributed by atoms with Crippen LogP contribution in [0.25, 0.3) is 0 Å². The van der Waals surface area contributed by atoms with E-state index in [1.165, 1.54) is 19.3 Å². The second-order valence-electron chi connectivity index (χ2n) is 6.78. The van der Waals surface area contributed by atoms with Gasteiger partial charge in [0.1, 0.15) is 0 Å². The molecular weight excluding hydrogens is 224 g/mol. The third-order valence-electron chi connectivity index (χ3n) is 4.28. The molecule has 2 rings (SSSR count). The summed E-state index contributed by atoms with van der Waals surface area (Å²) in [6, 6.07) is 1.25. The molecule has 18 heavy (non-hydrogen) atoms. The van der Waals surface area contributed by atoms with Crippen molar-refractivity contribution in [3.05, 3.63) is 0 Å². The topological polar surface area (TPSA) is 32.3 Å². The van der Waals surface area contributed by atoms with Gasteiger partial charge >= 0.3 is 0 Å². The van der Waals surface area contributed by atoms with Gasteiger partial charge in [0.25, 0.3) is 0 Å². The molecule has 1 amide bonds. The van der Waals surface area contributed by atoms with Gasteiger partial charge in [0.15, 0.2) is 0 Å². The van der Waals surface area contributed by atoms with Gasteiger partial charge in [0, 0.05) is 31.1 Å². The van der Waals surface area contributed by atoms with Gasteiger partial charge in [0.05, 0.1) is 0 Å². The fourth-order valence-electron chi connectivity index (χ4n) is 2.87. The van der Waals surface area contributed by atoms with Crippen molar-refractivity contribution >= 4 is 5.91 Å².